The summed E-state index contributed by atoms with van der Waals surface area (Å²) in [6.07, 6.45) is 2.51. The van der Waals surface area contributed by atoms with Crippen LogP contribution in [0.2, 0.25) is 0 Å². The minimum Gasteiger partial charge on any atom is -0.329 e. The monoisotopic (exact) mass is 249 g/mol. The second kappa shape index (κ2) is 4.66. The van der Waals surface area contributed by atoms with E-state index >= 15 is 0 Å². The van der Waals surface area contributed by atoms with Crippen LogP contribution in [0.15, 0.2) is 35.2 Å². The van der Waals surface area contributed by atoms with Gasteiger partial charge in [-0.2, -0.15) is 0 Å². The second-order valence-electron chi connectivity index (χ2n) is 6.27. The van der Waals surface area contributed by atoms with Gasteiger partial charge >= 0.3 is 0 Å². The van der Waals surface area contributed by atoms with Crippen LogP contribution in [0.3, 0.4) is 0 Å². The predicted octanol–water partition coefficient (Wildman–Crippen LogP) is 3.93. The minimum atomic E-state index is 0.291. The molecule has 1 nitrogen and oxygen atoms in total. The Bertz CT molecular complexity index is 360. The van der Waals surface area contributed by atoms with Crippen LogP contribution in [0, 0.1) is 11.3 Å². The molecule has 0 amide bonds. The van der Waals surface area contributed by atoms with Crippen molar-refractivity contribution < 1.29 is 0 Å². The van der Waals surface area contributed by atoms with Gasteiger partial charge in [0.1, 0.15) is 0 Å². The SMILES string of the molecule is CC(C)(C)C1CC(CN)(Sc2ccccc2)C1. The van der Waals surface area contributed by atoms with E-state index in [9.17, 15) is 0 Å². The molecule has 0 aliphatic heterocycles. The van der Waals surface area contributed by atoms with Crippen molar-refractivity contribution in [2.24, 2.45) is 17.1 Å². The number of hydrogen-bond donors (Lipinski definition) is 1. The average Bonchev–Trinajstić information content (AvgIpc) is 2.23. The molecule has 94 valence electrons. The van der Waals surface area contributed by atoms with E-state index in [1.165, 1.54) is 17.7 Å². The first-order chi connectivity index (χ1) is 7.95. The molecule has 0 atom stereocenters. The van der Waals surface area contributed by atoms with Gasteiger partial charge in [0.15, 0.2) is 0 Å². The molecular weight excluding hydrogens is 226 g/mol. The average molecular weight is 249 g/mol. The largest absolute Gasteiger partial charge is 0.329 e. The van der Waals surface area contributed by atoms with Crippen LogP contribution in [0.25, 0.3) is 0 Å². The number of thioether (sulfide) groups is 1. The van der Waals surface area contributed by atoms with Gasteiger partial charge in [0, 0.05) is 16.2 Å². The third-order valence-corrected chi connectivity index (χ3v) is 5.35. The maximum Gasteiger partial charge on any atom is 0.0335 e. The van der Waals surface area contributed by atoms with Gasteiger partial charge < -0.3 is 5.73 Å². The summed E-state index contributed by atoms with van der Waals surface area (Å²) in [5.74, 6) is 0.822. The summed E-state index contributed by atoms with van der Waals surface area (Å²) in [6.45, 7) is 7.81. The standard InChI is InChI=1S/C15H23NS/c1-14(2,3)12-9-15(10-12,11-16)17-13-7-5-4-6-8-13/h4-8,12H,9-11,16H2,1-3H3. The van der Waals surface area contributed by atoms with E-state index in [1.807, 2.05) is 11.8 Å². The number of rotatable bonds is 3. The van der Waals surface area contributed by atoms with Crippen LogP contribution in [-0.4, -0.2) is 11.3 Å². The molecule has 0 unspecified atom stereocenters. The maximum absolute atomic E-state index is 6.00. The highest BCUT2D eigenvalue weighted by Crippen LogP contribution is 2.55. The first kappa shape index (κ1) is 13.0. The van der Waals surface area contributed by atoms with Crippen molar-refractivity contribution >= 4 is 11.8 Å². The Morgan fingerprint density at radius 1 is 1.24 bits per heavy atom. The highest BCUT2D eigenvalue weighted by atomic mass is 32.2. The summed E-state index contributed by atoms with van der Waals surface area (Å²) in [5.41, 5.74) is 6.43. The zero-order valence-corrected chi connectivity index (χ0v) is 11.9. The summed E-state index contributed by atoms with van der Waals surface area (Å²) in [5, 5.41) is 0. The van der Waals surface area contributed by atoms with Gasteiger partial charge in [0.25, 0.3) is 0 Å². The van der Waals surface area contributed by atoms with E-state index < -0.39 is 0 Å². The summed E-state index contributed by atoms with van der Waals surface area (Å²) in [4.78, 5) is 1.35. The van der Waals surface area contributed by atoms with E-state index in [0.717, 1.165) is 12.5 Å². The summed E-state index contributed by atoms with van der Waals surface area (Å²) in [6, 6.07) is 10.6. The van der Waals surface area contributed by atoms with Crippen LogP contribution in [0.4, 0.5) is 0 Å². The molecule has 2 N–H and O–H groups in total. The third kappa shape index (κ3) is 2.86. The molecule has 17 heavy (non-hydrogen) atoms. The van der Waals surface area contributed by atoms with Crippen molar-refractivity contribution in [2.45, 2.75) is 43.3 Å². The first-order valence-electron chi connectivity index (χ1n) is 6.39. The molecule has 1 aromatic rings. The molecule has 1 saturated carbocycles. The summed E-state index contributed by atoms with van der Waals surface area (Å²) >= 11 is 1.97. The second-order valence-corrected chi connectivity index (χ2v) is 7.82. The Labute approximate surface area is 109 Å². The van der Waals surface area contributed by atoms with E-state index in [-0.39, 0.29) is 0 Å². The van der Waals surface area contributed by atoms with E-state index in [2.05, 4.69) is 51.1 Å². The predicted molar refractivity (Wildman–Crippen MR) is 76.3 cm³/mol. The molecule has 0 aromatic heterocycles. The number of nitrogens with two attached hydrogens (primary N) is 1. The fraction of sp³-hybridized carbons (Fsp3) is 0.600. The Morgan fingerprint density at radius 2 is 1.82 bits per heavy atom. The smallest absolute Gasteiger partial charge is 0.0335 e. The fourth-order valence-corrected chi connectivity index (χ4v) is 3.93. The maximum atomic E-state index is 6.00. The molecule has 1 aliphatic carbocycles. The number of benzene rings is 1. The van der Waals surface area contributed by atoms with Crippen LogP contribution in [-0.2, 0) is 0 Å². The van der Waals surface area contributed by atoms with Crippen LogP contribution in [0.1, 0.15) is 33.6 Å². The Kier molecular flexibility index (Phi) is 3.55. The molecule has 1 aromatic carbocycles. The zero-order valence-electron chi connectivity index (χ0n) is 11.1. The van der Waals surface area contributed by atoms with E-state index in [4.69, 9.17) is 5.73 Å². The summed E-state index contributed by atoms with van der Waals surface area (Å²) in [7, 11) is 0. The van der Waals surface area contributed by atoms with Crippen molar-refractivity contribution in [3.05, 3.63) is 30.3 Å². The number of hydrogen-bond acceptors (Lipinski definition) is 2. The lowest BCUT2D eigenvalue weighted by Gasteiger charge is -2.52. The molecule has 1 aliphatic rings. The zero-order chi connectivity index (χ0) is 12.5. The minimum absolute atomic E-state index is 0.291. The Balaban J connectivity index is 2.00. The lowest BCUT2D eigenvalue weighted by molar-refractivity contribution is 0.102. The highest BCUT2D eigenvalue weighted by molar-refractivity contribution is 8.00. The van der Waals surface area contributed by atoms with Crippen molar-refractivity contribution in [3.63, 3.8) is 0 Å². The molecular formula is C15H23NS. The van der Waals surface area contributed by atoms with Gasteiger partial charge in [-0.15, -0.1) is 11.8 Å². The van der Waals surface area contributed by atoms with Crippen molar-refractivity contribution in [2.75, 3.05) is 6.54 Å². The van der Waals surface area contributed by atoms with Crippen LogP contribution in [0.5, 0.6) is 0 Å². The molecule has 0 heterocycles. The van der Waals surface area contributed by atoms with Crippen LogP contribution >= 0.6 is 11.8 Å². The summed E-state index contributed by atoms with van der Waals surface area (Å²) < 4.78 is 0.291. The molecule has 2 heteroatoms. The fourth-order valence-electron chi connectivity index (χ4n) is 2.48. The van der Waals surface area contributed by atoms with Gasteiger partial charge in [-0.3, -0.25) is 0 Å². The molecule has 0 radical (unpaired) electrons. The van der Waals surface area contributed by atoms with Crippen molar-refractivity contribution in [1.82, 2.24) is 0 Å². The molecule has 0 bridgehead atoms. The lowest BCUT2D eigenvalue weighted by Crippen LogP contribution is -2.50. The lowest BCUT2D eigenvalue weighted by atomic mass is 9.62. The highest BCUT2D eigenvalue weighted by Gasteiger charge is 2.48. The third-order valence-electron chi connectivity index (χ3n) is 3.91. The quantitative estimate of drug-likeness (QED) is 0.878. The Hall–Kier alpha value is -0.470. The molecule has 0 saturated heterocycles. The van der Waals surface area contributed by atoms with Crippen LogP contribution < -0.4 is 5.73 Å². The van der Waals surface area contributed by atoms with Gasteiger partial charge in [-0.25, -0.2) is 0 Å². The normalized spacial score (nSPS) is 28.8. The van der Waals surface area contributed by atoms with E-state index in [0.29, 0.717) is 10.2 Å². The Morgan fingerprint density at radius 3 is 2.29 bits per heavy atom. The van der Waals surface area contributed by atoms with Gasteiger partial charge in [-0.1, -0.05) is 39.0 Å². The van der Waals surface area contributed by atoms with Gasteiger partial charge in [0.05, 0.1) is 0 Å². The molecule has 0 spiro atoms. The van der Waals surface area contributed by atoms with Gasteiger partial charge in [-0.05, 0) is 36.3 Å². The van der Waals surface area contributed by atoms with Gasteiger partial charge in [0.2, 0.25) is 0 Å². The molecule has 2 rings (SSSR count). The van der Waals surface area contributed by atoms with Crippen molar-refractivity contribution in [1.29, 1.82) is 0 Å². The topological polar surface area (TPSA) is 26.0 Å². The molecule has 1 fully saturated rings. The van der Waals surface area contributed by atoms with E-state index in [1.54, 1.807) is 0 Å². The van der Waals surface area contributed by atoms with Crippen molar-refractivity contribution in [3.8, 4) is 0 Å². The first-order valence-corrected chi connectivity index (χ1v) is 7.21.